The average molecular weight is 809 g/mol. The monoisotopic (exact) mass is 808 g/mol. The highest BCUT2D eigenvalue weighted by Crippen LogP contribution is 2.40. The van der Waals surface area contributed by atoms with E-state index in [1.54, 1.807) is 0 Å². The number of alkyl halides is 12. The molecule has 2 aliphatic rings. The Morgan fingerprint density at radius 3 is 1.54 bits per heavy atom. The number of aromatic nitrogens is 2. The van der Waals surface area contributed by atoms with Gasteiger partial charge in [0.05, 0.1) is 18.9 Å². The Morgan fingerprint density at radius 1 is 0.759 bits per heavy atom. The summed E-state index contributed by atoms with van der Waals surface area (Å²) in [5.41, 5.74) is 4.03. The minimum atomic E-state index is -5.08. The van der Waals surface area contributed by atoms with Gasteiger partial charge in [-0.2, -0.15) is 52.7 Å². The number of pyridine rings is 2. The highest BCUT2D eigenvalue weighted by Gasteiger charge is 2.51. The van der Waals surface area contributed by atoms with Crippen molar-refractivity contribution in [1.29, 1.82) is 0 Å². The normalized spacial score (nSPS) is 16.7. The molecule has 2 aromatic rings. The quantitative estimate of drug-likeness (QED) is 0.284. The SMILES string of the molecule is Cc1cccnc1CN1CC2(CC(COCc3ccncc3)CN2C)C1.O=C(O)C(F)(F)F.O=C(O)C(F)(F)F.O=C(O)C(F)(F)F.O=C(O)C(F)(F)F. The third-order valence-corrected chi connectivity index (χ3v) is 6.88. The fourth-order valence-electron chi connectivity index (χ4n) is 4.44. The number of rotatable bonds is 6. The van der Waals surface area contributed by atoms with Crippen molar-refractivity contribution in [2.75, 3.05) is 33.3 Å². The number of carboxylic acid groups (broad SMARTS) is 4. The zero-order valence-electron chi connectivity index (χ0n) is 27.7. The highest BCUT2D eigenvalue weighted by atomic mass is 19.4. The molecule has 0 amide bonds. The first-order valence-electron chi connectivity index (χ1n) is 14.4. The first-order chi connectivity index (χ1) is 24.4. The standard InChI is InChI=1S/C21H28N4O.4C2HF3O2/c1-17-4-3-7-23-20(17)12-25-15-21(16-25)10-19(11-24(21)2)14-26-13-18-5-8-22-9-6-18;4*3-2(4,5)1(6)7/h3-9,19H,10-16H2,1-2H3;4*(H,6,7). The van der Waals surface area contributed by atoms with E-state index in [0.717, 1.165) is 32.8 Å². The smallest absolute Gasteiger partial charge is 0.475 e. The molecule has 0 bridgehead atoms. The second-order valence-corrected chi connectivity index (χ2v) is 11.2. The van der Waals surface area contributed by atoms with Gasteiger partial charge in [-0.05, 0) is 55.6 Å². The summed E-state index contributed by atoms with van der Waals surface area (Å²) in [6, 6.07) is 8.20. The van der Waals surface area contributed by atoms with Crippen LogP contribution in [-0.4, -0.2) is 128 Å². The Kier molecular flexibility index (Phi) is 18.8. The largest absolute Gasteiger partial charge is 0.490 e. The lowest BCUT2D eigenvalue weighted by Gasteiger charge is -2.52. The Labute approximate surface area is 296 Å². The van der Waals surface area contributed by atoms with Crippen LogP contribution >= 0.6 is 0 Å². The predicted molar refractivity (Wildman–Crippen MR) is 156 cm³/mol. The van der Waals surface area contributed by atoms with E-state index < -0.39 is 48.6 Å². The summed E-state index contributed by atoms with van der Waals surface area (Å²) in [5.74, 6) is -10.4. The van der Waals surface area contributed by atoms with Crippen LogP contribution in [0.5, 0.6) is 0 Å². The van der Waals surface area contributed by atoms with Gasteiger partial charge in [-0.3, -0.25) is 19.8 Å². The third kappa shape index (κ3) is 18.8. The molecular weight excluding hydrogens is 776 g/mol. The molecule has 0 saturated carbocycles. The van der Waals surface area contributed by atoms with E-state index >= 15 is 0 Å². The molecule has 0 radical (unpaired) electrons. The molecule has 25 heteroatoms. The van der Waals surface area contributed by atoms with Gasteiger partial charge in [0.2, 0.25) is 0 Å². The molecule has 1 atom stereocenters. The molecule has 2 saturated heterocycles. The van der Waals surface area contributed by atoms with Gasteiger partial charge in [-0.25, -0.2) is 19.2 Å². The van der Waals surface area contributed by atoms with Crippen molar-refractivity contribution in [2.45, 2.75) is 56.7 Å². The Morgan fingerprint density at radius 2 is 1.17 bits per heavy atom. The number of likely N-dealkylation sites (N-methyl/N-ethyl adjacent to an activating group) is 1. The topological polar surface area (TPSA) is 191 Å². The fourth-order valence-corrected chi connectivity index (χ4v) is 4.44. The number of halogens is 12. The lowest BCUT2D eigenvalue weighted by Crippen LogP contribution is -2.66. The van der Waals surface area contributed by atoms with E-state index in [2.05, 4.69) is 39.8 Å². The zero-order chi connectivity index (χ0) is 42.3. The van der Waals surface area contributed by atoms with Crippen LogP contribution < -0.4 is 0 Å². The van der Waals surface area contributed by atoms with Gasteiger partial charge < -0.3 is 25.2 Å². The van der Waals surface area contributed by atoms with Gasteiger partial charge in [-0.1, -0.05) is 6.07 Å². The summed E-state index contributed by atoms with van der Waals surface area (Å²) in [6.45, 7) is 8.04. The second kappa shape index (κ2) is 20.6. The van der Waals surface area contributed by atoms with Crippen LogP contribution in [0.1, 0.15) is 23.2 Å². The van der Waals surface area contributed by atoms with Crippen LogP contribution in [0.3, 0.4) is 0 Å². The van der Waals surface area contributed by atoms with Crippen LogP contribution in [0, 0.1) is 12.8 Å². The van der Waals surface area contributed by atoms with Gasteiger partial charge >= 0.3 is 48.6 Å². The van der Waals surface area contributed by atoms with Gasteiger partial charge in [0.1, 0.15) is 0 Å². The molecular formula is C29H32F12N4O9. The first-order valence-corrected chi connectivity index (χ1v) is 14.4. The summed E-state index contributed by atoms with van der Waals surface area (Å²) >= 11 is 0. The van der Waals surface area contributed by atoms with Crippen molar-refractivity contribution in [3.8, 4) is 0 Å². The van der Waals surface area contributed by atoms with E-state index in [-0.39, 0.29) is 0 Å². The first kappa shape index (κ1) is 49.2. The molecule has 2 aliphatic heterocycles. The zero-order valence-corrected chi connectivity index (χ0v) is 27.7. The summed E-state index contributed by atoms with van der Waals surface area (Å²) in [7, 11) is 2.27. The van der Waals surface area contributed by atoms with Gasteiger partial charge in [0, 0.05) is 50.3 Å². The maximum atomic E-state index is 10.6. The van der Waals surface area contributed by atoms with Crippen LogP contribution in [0.2, 0.25) is 0 Å². The predicted octanol–water partition coefficient (Wildman–Crippen LogP) is 5.04. The molecule has 54 heavy (non-hydrogen) atoms. The molecule has 0 aliphatic carbocycles. The van der Waals surface area contributed by atoms with Crippen LogP contribution in [0.15, 0.2) is 42.9 Å². The minimum Gasteiger partial charge on any atom is -0.475 e. The Balaban J connectivity index is 0.000000820. The van der Waals surface area contributed by atoms with Crippen molar-refractivity contribution >= 4 is 23.9 Å². The second-order valence-electron chi connectivity index (χ2n) is 11.2. The van der Waals surface area contributed by atoms with Crippen LogP contribution in [0.4, 0.5) is 52.7 Å². The number of carbonyl (C=O) groups is 4. The maximum absolute atomic E-state index is 10.6. The number of nitrogens with zero attached hydrogens (tertiary/aromatic N) is 4. The summed E-state index contributed by atoms with van der Waals surface area (Å²) < 4.78 is 133. The van der Waals surface area contributed by atoms with Crippen molar-refractivity contribution in [1.82, 2.24) is 19.8 Å². The average Bonchev–Trinajstić information content (AvgIpc) is 3.33. The summed E-state index contributed by atoms with van der Waals surface area (Å²) in [4.78, 5) is 49.2. The maximum Gasteiger partial charge on any atom is 0.490 e. The van der Waals surface area contributed by atoms with Crippen molar-refractivity contribution in [3.05, 3.63) is 59.7 Å². The summed E-state index contributed by atoms with van der Waals surface area (Å²) in [6.07, 6.45) is -13.6. The number of aryl methyl sites for hydroxylation is 1. The molecule has 4 heterocycles. The fraction of sp³-hybridized carbons (Fsp3) is 0.517. The molecule has 1 unspecified atom stereocenters. The number of ether oxygens (including phenoxy) is 1. The molecule has 306 valence electrons. The number of likely N-dealkylation sites (tertiary alicyclic amines) is 2. The van der Waals surface area contributed by atoms with Crippen molar-refractivity contribution in [3.63, 3.8) is 0 Å². The lowest BCUT2D eigenvalue weighted by atomic mass is 9.84. The number of aliphatic carboxylic acids is 4. The number of hydrogen-bond acceptors (Lipinski definition) is 9. The minimum absolute atomic E-state index is 0.341. The van der Waals surface area contributed by atoms with E-state index in [4.69, 9.17) is 44.3 Å². The van der Waals surface area contributed by atoms with Gasteiger partial charge in [0.25, 0.3) is 0 Å². The Bertz CT molecular complexity index is 1400. The molecule has 0 aromatic carbocycles. The lowest BCUT2D eigenvalue weighted by molar-refractivity contribution is -0.193. The van der Waals surface area contributed by atoms with Gasteiger partial charge in [-0.15, -0.1) is 0 Å². The van der Waals surface area contributed by atoms with Gasteiger partial charge in [0.15, 0.2) is 0 Å². The molecule has 13 nitrogen and oxygen atoms in total. The molecule has 4 N–H and O–H groups in total. The highest BCUT2D eigenvalue weighted by molar-refractivity contribution is 5.74. The number of hydrogen-bond donors (Lipinski definition) is 4. The number of carboxylic acids is 4. The van der Waals surface area contributed by atoms with E-state index in [1.165, 1.54) is 23.2 Å². The Hall–Kier alpha value is -4.78. The van der Waals surface area contributed by atoms with E-state index in [0.29, 0.717) is 18.1 Å². The van der Waals surface area contributed by atoms with Crippen LogP contribution in [-0.2, 0) is 37.1 Å². The third-order valence-electron chi connectivity index (χ3n) is 6.88. The molecule has 2 fully saturated rings. The molecule has 2 aromatic heterocycles. The molecule has 1 spiro atoms. The molecule has 4 rings (SSSR count). The summed E-state index contributed by atoms with van der Waals surface area (Å²) in [5, 5.41) is 28.5. The van der Waals surface area contributed by atoms with Crippen molar-refractivity contribution in [2.24, 2.45) is 5.92 Å². The van der Waals surface area contributed by atoms with E-state index in [1.807, 2.05) is 36.8 Å². The van der Waals surface area contributed by atoms with Crippen LogP contribution in [0.25, 0.3) is 0 Å². The van der Waals surface area contributed by atoms with E-state index in [9.17, 15) is 52.7 Å². The van der Waals surface area contributed by atoms with Crippen molar-refractivity contribution < 1.29 is 97.0 Å².